The Morgan fingerprint density at radius 2 is 2.21 bits per heavy atom. The summed E-state index contributed by atoms with van der Waals surface area (Å²) in [6.45, 7) is 1.07. The van der Waals surface area contributed by atoms with Crippen LogP contribution < -0.4 is 26.2 Å². The molecular formula is C16H22N6O2. The van der Waals surface area contributed by atoms with Crippen LogP contribution in [0.1, 0.15) is 31.2 Å². The lowest BCUT2D eigenvalue weighted by Crippen LogP contribution is -2.61. The molecule has 2 saturated heterocycles. The van der Waals surface area contributed by atoms with Crippen LogP contribution in [0.25, 0.3) is 0 Å². The maximum absolute atomic E-state index is 12.0. The van der Waals surface area contributed by atoms with Crippen LogP contribution in [0.4, 0.5) is 0 Å². The molecule has 1 saturated carbocycles. The quantitative estimate of drug-likeness (QED) is 0.622. The van der Waals surface area contributed by atoms with E-state index in [1.165, 1.54) is 12.8 Å². The van der Waals surface area contributed by atoms with Crippen LogP contribution in [0, 0.1) is 5.92 Å². The van der Waals surface area contributed by atoms with Crippen LogP contribution in [0.15, 0.2) is 23.3 Å². The number of aromatic nitrogens is 1. The second kappa shape index (κ2) is 6.74. The molecule has 3 aliphatic rings. The molecule has 8 nitrogen and oxygen atoms in total. The zero-order valence-electron chi connectivity index (χ0n) is 13.4. The number of pyridine rings is 1. The van der Waals surface area contributed by atoms with E-state index < -0.39 is 0 Å². The number of hydrazine groups is 1. The fraction of sp³-hybridized carbons (Fsp3) is 0.562. The maximum Gasteiger partial charge on any atom is 0.234 e. The van der Waals surface area contributed by atoms with Crippen molar-refractivity contribution in [2.24, 2.45) is 10.9 Å². The van der Waals surface area contributed by atoms with Gasteiger partial charge in [0.25, 0.3) is 0 Å². The van der Waals surface area contributed by atoms with Crippen LogP contribution >= 0.6 is 0 Å². The van der Waals surface area contributed by atoms with Gasteiger partial charge in [-0.05, 0) is 37.3 Å². The fourth-order valence-electron chi connectivity index (χ4n) is 3.32. The van der Waals surface area contributed by atoms with Crippen LogP contribution in [-0.4, -0.2) is 35.7 Å². The Morgan fingerprint density at radius 1 is 1.33 bits per heavy atom. The molecule has 4 N–H and O–H groups in total. The molecule has 128 valence electrons. The number of fused-ring (bicyclic) bond motifs is 1. The van der Waals surface area contributed by atoms with Crippen molar-refractivity contribution < 1.29 is 9.53 Å². The molecule has 24 heavy (non-hydrogen) atoms. The third kappa shape index (κ3) is 3.34. The average molecular weight is 330 g/mol. The Morgan fingerprint density at radius 3 is 3.08 bits per heavy atom. The van der Waals surface area contributed by atoms with Gasteiger partial charge in [-0.2, -0.15) is 0 Å². The first-order valence-electron chi connectivity index (χ1n) is 8.50. The van der Waals surface area contributed by atoms with Gasteiger partial charge < -0.3 is 10.1 Å². The normalized spacial score (nSPS) is 28.5. The first-order chi connectivity index (χ1) is 11.8. The Labute approximate surface area is 140 Å². The number of amides is 1. The van der Waals surface area contributed by atoms with Crippen molar-refractivity contribution in [3.05, 3.63) is 23.9 Å². The molecule has 0 radical (unpaired) electrons. The molecule has 1 aliphatic carbocycles. The Balaban J connectivity index is 1.39. The summed E-state index contributed by atoms with van der Waals surface area (Å²) in [5, 5.41) is 5.99. The van der Waals surface area contributed by atoms with Gasteiger partial charge in [-0.15, -0.1) is 0 Å². The molecule has 1 aromatic heterocycles. The molecule has 2 atom stereocenters. The third-order valence-electron chi connectivity index (χ3n) is 4.66. The molecule has 0 spiro atoms. The van der Waals surface area contributed by atoms with Gasteiger partial charge in [0, 0.05) is 18.8 Å². The number of ether oxygens (including phenoxy) is 1. The summed E-state index contributed by atoms with van der Waals surface area (Å²) >= 11 is 0. The standard InChI is InChI=1S/C16H22N6O2/c23-15-12-9-19-22-14(12)20-16(21-15)18-8-10-5-6-17-13(7-10)24-11-3-1-2-4-11/h5-7,11-12,14,19,22H,1-4,8-9H2,(H2,18,20,21,23). The smallest absolute Gasteiger partial charge is 0.234 e. The summed E-state index contributed by atoms with van der Waals surface area (Å²) in [5.41, 5.74) is 7.01. The summed E-state index contributed by atoms with van der Waals surface area (Å²) in [4.78, 5) is 20.7. The number of nitrogens with zero attached hydrogens (tertiary/aromatic N) is 2. The second-order valence-electron chi connectivity index (χ2n) is 6.43. The minimum Gasteiger partial charge on any atom is -0.474 e. The van der Waals surface area contributed by atoms with Gasteiger partial charge in [0.2, 0.25) is 11.8 Å². The first-order valence-corrected chi connectivity index (χ1v) is 8.50. The van der Waals surface area contributed by atoms with Gasteiger partial charge in [-0.1, -0.05) is 0 Å². The summed E-state index contributed by atoms with van der Waals surface area (Å²) in [6.07, 6.45) is 6.59. The van der Waals surface area contributed by atoms with Gasteiger partial charge in [-0.25, -0.2) is 15.4 Å². The van der Waals surface area contributed by atoms with E-state index in [1.807, 2.05) is 12.1 Å². The van der Waals surface area contributed by atoms with Gasteiger partial charge >= 0.3 is 0 Å². The predicted octanol–water partition coefficient (Wildman–Crippen LogP) is 0.0285. The summed E-state index contributed by atoms with van der Waals surface area (Å²) in [6, 6.07) is 3.83. The Bertz CT molecular complexity index is 643. The number of rotatable bonds is 4. The molecule has 0 bridgehead atoms. The highest BCUT2D eigenvalue weighted by molar-refractivity contribution is 6.01. The summed E-state index contributed by atoms with van der Waals surface area (Å²) in [5.74, 6) is 1.01. The lowest BCUT2D eigenvalue weighted by molar-refractivity contribution is -0.124. The monoisotopic (exact) mass is 330 g/mol. The third-order valence-corrected chi connectivity index (χ3v) is 4.66. The van der Waals surface area contributed by atoms with E-state index in [2.05, 4.69) is 31.5 Å². The minimum absolute atomic E-state index is 0.0185. The van der Waals surface area contributed by atoms with Crippen LogP contribution in [0.3, 0.4) is 0 Å². The van der Waals surface area contributed by atoms with Crippen LogP contribution in [0.5, 0.6) is 5.88 Å². The van der Waals surface area contributed by atoms with Crippen molar-refractivity contribution in [3.8, 4) is 5.88 Å². The minimum atomic E-state index is -0.115. The number of guanidine groups is 1. The highest BCUT2D eigenvalue weighted by atomic mass is 16.5. The van der Waals surface area contributed by atoms with E-state index >= 15 is 0 Å². The number of carbonyl (C=O) groups excluding carboxylic acids is 1. The van der Waals surface area contributed by atoms with Crippen molar-refractivity contribution in [1.29, 1.82) is 0 Å². The van der Waals surface area contributed by atoms with Gasteiger partial charge in [0.1, 0.15) is 12.3 Å². The number of carbonyl (C=O) groups is 1. The van der Waals surface area contributed by atoms with Gasteiger partial charge in [0.05, 0.1) is 12.5 Å². The molecule has 0 aromatic carbocycles. The average Bonchev–Trinajstić information content (AvgIpc) is 3.25. The number of hydrogen-bond acceptors (Lipinski definition) is 6. The van der Waals surface area contributed by atoms with Gasteiger partial charge in [-0.3, -0.25) is 15.5 Å². The van der Waals surface area contributed by atoms with Crippen LogP contribution in [-0.2, 0) is 11.3 Å². The van der Waals surface area contributed by atoms with Crippen molar-refractivity contribution in [3.63, 3.8) is 0 Å². The van der Waals surface area contributed by atoms with E-state index in [1.54, 1.807) is 6.20 Å². The molecular weight excluding hydrogens is 308 g/mol. The van der Waals surface area contributed by atoms with E-state index in [4.69, 9.17) is 4.74 Å². The molecule has 2 aliphatic heterocycles. The molecule has 3 heterocycles. The molecule has 8 heteroatoms. The lowest BCUT2D eigenvalue weighted by Gasteiger charge is -2.27. The zero-order valence-corrected chi connectivity index (χ0v) is 13.4. The highest BCUT2D eigenvalue weighted by Crippen LogP contribution is 2.23. The summed E-state index contributed by atoms with van der Waals surface area (Å²) in [7, 11) is 0. The maximum atomic E-state index is 12.0. The Hall–Kier alpha value is -2.19. The van der Waals surface area contributed by atoms with Crippen LogP contribution in [0.2, 0.25) is 0 Å². The predicted molar refractivity (Wildman–Crippen MR) is 88.0 cm³/mol. The van der Waals surface area contributed by atoms with Crippen molar-refractivity contribution in [1.82, 2.24) is 26.5 Å². The highest BCUT2D eigenvalue weighted by Gasteiger charge is 2.37. The first kappa shape index (κ1) is 15.3. The van der Waals surface area contributed by atoms with Crippen molar-refractivity contribution in [2.75, 3.05) is 6.54 Å². The number of aliphatic imine (C=N–C) groups is 1. The fourth-order valence-corrected chi connectivity index (χ4v) is 3.32. The molecule has 1 aromatic rings. The van der Waals surface area contributed by atoms with E-state index in [-0.39, 0.29) is 24.1 Å². The van der Waals surface area contributed by atoms with Crippen molar-refractivity contribution >= 4 is 11.9 Å². The molecule has 2 unspecified atom stereocenters. The zero-order chi connectivity index (χ0) is 16.4. The second-order valence-corrected chi connectivity index (χ2v) is 6.43. The van der Waals surface area contributed by atoms with Gasteiger partial charge in [0.15, 0.2) is 5.96 Å². The lowest BCUT2D eigenvalue weighted by atomic mass is 10.1. The van der Waals surface area contributed by atoms with E-state index in [0.717, 1.165) is 18.4 Å². The molecule has 3 fully saturated rings. The van der Waals surface area contributed by atoms with E-state index in [0.29, 0.717) is 24.9 Å². The SMILES string of the molecule is O=C1NC(=NCc2ccnc(OC3CCCC3)c2)NC2NNCC12. The molecule has 1 amide bonds. The Kier molecular flexibility index (Phi) is 4.31. The van der Waals surface area contributed by atoms with Crippen molar-refractivity contribution in [2.45, 2.75) is 44.5 Å². The molecule has 4 rings (SSSR count). The van der Waals surface area contributed by atoms with E-state index in [9.17, 15) is 4.79 Å². The largest absolute Gasteiger partial charge is 0.474 e. The topological polar surface area (TPSA) is 99.7 Å². The summed E-state index contributed by atoms with van der Waals surface area (Å²) < 4.78 is 5.92. The number of nitrogens with one attached hydrogen (secondary N) is 4. The number of hydrogen-bond donors (Lipinski definition) is 4.